The molecule has 1 saturated heterocycles. The molecule has 3 fully saturated rings. The predicted molar refractivity (Wildman–Crippen MR) is 145 cm³/mol. The van der Waals surface area contributed by atoms with Crippen LogP contribution in [0, 0.1) is 31.6 Å². The SMILES string of the molecule is CCn1nccc1C(=O)N[C@H](C(=O)Nc1ccc(-c2c(C)nn(COP3(=O)OO3)c2C)cc1)C(C1CC1)C1CC1. The van der Waals surface area contributed by atoms with Crippen LogP contribution in [0.15, 0.2) is 36.5 Å². The standard InChI is InChI=1S/C27H33N6O6P/c1-4-32-22(13-14-28-32)26(34)30-25(24(19-5-6-19)20-7-8-20)27(35)29-21-11-9-18(10-12-21)23-16(2)31-33(17(23)3)15-37-40(36)38-39-40/h9-14,19-20,24-25H,4-8,15H2,1-3H3,(H,29,35)(H,30,34)/t25-/m0/s1. The molecule has 3 aliphatic rings. The molecule has 2 aliphatic carbocycles. The Morgan fingerprint density at radius 1 is 1.07 bits per heavy atom. The van der Waals surface area contributed by atoms with Crippen molar-refractivity contribution in [1.82, 2.24) is 24.9 Å². The fourth-order valence-corrected chi connectivity index (χ4v) is 6.15. The van der Waals surface area contributed by atoms with E-state index in [2.05, 4.69) is 30.2 Å². The zero-order chi connectivity index (χ0) is 28.0. The van der Waals surface area contributed by atoms with E-state index in [0.717, 1.165) is 48.2 Å². The molecule has 2 aromatic heterocycles. The number of rotatable bonds is 12. The lowest BCUT2D eigenvalue weighted by atomic mass is 9.88. The maximum absolute atomic E-state index is 13.7. The summed E-state index contributed by atoms with van der Waals surface area (Å²) >= 11 is 0. The zero-order valence-electron chi connectivity index (χ0n) is 22.7. The molecule has 3 heterocycles. The fraction of sp³-hybridized carbons (Fsp3) is 0.481. The van der Waals surface area contributed by atoms with Gasteiger partial charge in [-0.3, -0.25) is 18.8 Å². The number of nitrogens with one attached hydrogen (secondary N) is 2. The van der Waals surface area contributed by atoms with Gasteiger partial charge in [-0.25, -0.2) is 9.25 Å². The van der Waals surface area contributed by atoms with Gasteiger partial charge < -0.3 is 10.6 Å². The van der Waals surface area contributed by atoms with Crippen molar-refractivity contribution >= 4 is 25.3 Å². The monoisotopic (exact) mass is 568 g/mol. The summed E-state index contributed by atoms with van der Waals surface area (Å²) in [6, 6.07) is 8.58. The van der Waals surface area contributed by atoms with Crippen LogP contribution in [-0.2, 0) is 36.5 Å². The van der Waals surface area contributed by atoms with E-state index in [9.17, 15) is 14.2 Å². The Morgan fingerprint density at radius 2 is 1.75 bits per heavy atom. The first-order valence-corrected chi connectivity index (χ1v) is 15.1. The normalized spacial score (nSPS) is 18.5. The molecule has 6 rings (SSSR count). The summed E-state index contributed by atoms with van der Waals surface area (Å²) in [6.45, 7) is 6.22. The van der Waals surface area contributed by atoms with Crippen LogP contribution in [0.3, 0.4) is 0 Å². The van der Waals surface area contributed by atoms with Gasteiger partial charge in [0.1, 0.15) is 11.7 Å². The number of carbonyl (C=O) groups is 2. The van der Waals surface area contributed by atoms with E-state index in [1.54, 1.807) is 21.6 Å². The fourth-order valence-electron chi connectivity index (χ4n) is 5.60. The molecule has 2 saturated carbocycles. The highest BCUT2D eigenvalue weighted by Gasteiger charge is 2.48. The molecule has 1 aromatic carbocycles. The molecular formula is C27H33N6O6P. The molecule has 40 heavy (non-hydrogen) atoms. The highest BCUT2D eigenvalue weighted by atomic mass is 31.2. The highest BCUT2D eigenvalue weighted by molar-refractivity contribution is 7.52. The molecule has 2 amide bonds. The number of hydrogen-bond donors (Lipinski definition) is 2. The summed E-state index contributed by atoms with van der Waals surface area (Å²) in [5, 5.41) is 14.8. The summed E-state index contributed by atoms with van der Waals surface area (Å²) in [6.07, 6.45) is 5.98. The molecule has 212 valence electrons. The maximum Gasteiger partial charge on any atom is 0.532 e. The number of anilines is 1. The summed E-state index contributed by atoms with van der Waals surface area (Å²) in [7, 11) is -3.38. The lowest BCUT2D eigenvalue weighted by molar-refractivity contribution is -0.119. The van der Waals surface area contributed by atoms with Crippen molar-refractivity contribution in [2.24, 2.45) is 17.8 Å². The van der Waals surface area contributed by atoms with Gasteiger partial charge in [0.15, 0.2) is 6.73 Å². The van der Waals surface area contributed by atoms with Gasteiger partial charge in [0, 0.05) is 29.7 Å². The van der Waals surface area contributed by atoms with Crippen LogP contribution in [0.4, 0.5) is 5.69 Å². The van der Waals surface area contributed by atoms with E-state index in [-0.39, 0.29) is 24.5 Å². The number of phosphoric acid groups is 1. The third-order valence-corrected chi connectivity index (χ3v) is 8.72. The second-order valence-electron chi connectivity index (χ2n) is 10.7. The Kier molecular flexibility index (Phi) is 7.12. The van der Waals surface area contributed by atoms with Gasteiger partial charge in [0.2, 0.25) is 5.91 Å². The van der Waals surface area contributed by atoms with E-state index in [4.69, 9.17) is 4.52 Å². The minimum Gasteiger partial charge on any atom is -0.339 e. The number of nitrogens with zero attached hydrogens (tertiary/aromatic N) is 4. The summed E-state index contributed by atoms with van der Waals surface area (Å²) in [5.74, 6) is 0.569. The number of amides is 2. The van der Waals surface area contributed by atoms with Crippen LogP contribution in [0.25, 0.3) is 11.1 Å². The molecule has 2 N–H and O–H groups in total. The summed E-state index contributed by atoms with van der Waals surface area (Å²) < 4.78 is 28.8. The second kappa shape index (κ2) is 10.6. The highest BCUT2D eigenvalue weighted by Crippen LogP contribution is 2.65. The van der Waals surface area contributed by atoms with Crippen LogP contribution in [0.5, 0.6) is 0 Å². The van der Waals surface area contributed by atoms with Crippen LogP contribution in [0.1, 0.15) is 54.5 Å². The molecule has 0 radical (unpaired) electrons. The summed E-state index contributed by atoms with van der Waals surface area (Å²) in [4.78, 5) is 26.9. The molecule has 0 spiro atoms. The predicted octanol–water partition coefficient (Wildman–Crippen LogP) is 4.60. The Bertz CT molecular complexity index is 1450. The Labute approximate surface area is 231 Å². The Morgan fingerprint density at radius 3 is 2.35 bits per heavy atom. The first kappa shape index (κ1) is 26.9. The van der Waals surface area contributed by atoms with E-state index in [1.165, 1.54) is 0 Å². The van der Waals surface area contributed by atoms with Gasteiger partial charge >= 0.3 is 7.82 Å². The van der Waals surface area contributed by atoms with E-state index >= 15 is 0 Å². The molecule has 12 nitrogen and oxygen atoms in total. The van der Waals surface area contributed by atoms with Crippen molar-refractivity contribution in [3.63, 3.8) is 0 Å². The van der Waals surface area contributed by atoms with Crippen molar-refractivity contribution in [3.05, 3.63) is 53.6 Å². The third-order valence-electron chi connectivity index (χ3n) is 7.89. The molecule has 1 atom stereocenters. The lowest BCUT2D eigenvalue weighted by Crippen LogP contribution is -2.50. The van der Waals surface area contributed by atoms with Gasteiger partial charge in [0.05, 0.1) is 5.69 Å². The van der Waals surface area contributed by atoms with Gasteiger partial charge in [0.25, 0.3) is 5.91 Å². The molecule has 0 bridgehead atoms. The van der Waals surface area contributed by atoms with Crippen LogP contribution in [0.2, 0.25) is 0 Å². The van der Waals surface area contributed by atoms with Gasteiger partial charge in [-0.15, -0.1) is 9.35 Å². The second-order valence-corrected chi connectivity index (χ2v) is 12.2. The van der Waals surface area contributed by atoms with Crippen molar-refractivity contribution in [2.75, 3.05) is 5.32 Å². The maximum atomic E-state index is 13.7. The number of carbonyl (C=O) groups excluding carboxylic acids is 2. The van der Waals surface area contributed by atoms with Crippen LogP contribution in [-0.4, -0.2) is 37.4 Å². The van der Waals surface area contributed by atoms with E-state index in [0.29, 0.717) is 29.8 Å². The van der Waals surface area contributed by atoms with Gasteiger partial charge in [-0.2, -0.15) is 10.2 Å². The number of aromatic nitrogens is 4. The summed E-state index contributed by atoms with van der Waals surface area (Å²) in [5.41, 5.74) is 4.53. The average Bonchev–Trinajstić information content (AvgIpc) is 3.88. The first-order chi connectivity index (χ1) is 19.3. The molecule has 1 aliphatic heterocycles. The molecule has 3 aromatic rings. The molecule has 13 heteroatoms. The van der Waals surface area contributed by atoms with Gasteiger partial charge in [-0.05, 0) is 88.0 Å². The van der Waals surface area contributed by atoms with Crippen molar-refractivity contribution in [2.45, 2.75) is 65.8 Å². The lowest BCUT2D eigenvalue weighted by Gasteiger charge is -2.27. The minimum atomic E-state index is -3.38. The number of hydrogen-bond acceptors (Lipinski definition) is 8. The van der Waals surface area contributed by atoms with Crippen molar-refractivity contribution in [1.29, 1.82) is 0 Å². The minimum absolute atomic E-state index is 0.0621. The molecular weight excluding hydrogens is 535 g/mol. The first-order valence-electron chi connectivity index (χ1n) is 13.7. The van der Waals surface area contributed by atoms with Gasteiger partial charge in [-0.1, -0.05) is 12.1 Å². The van der Waals surface area contributed by atoms with Crippen LogP contribution >= 0.6 is 7.82 Å². The average molecular weight is 569 g/mol. The smallest absolute Gasteiger partial charge is 0.339 e. The van der Waals surface area contributed by atoms with Crippen molar-refractivity contribution < 1.29 is 28.0 Å². The topological polar surface area (TPSA) is 145 Å². The number of aryl methyl sites for hydroxylation is 2. The zero-order valence-corrected chi connectivity index (χ0v) is 23.6. The van der Waals surface area contributed by atoms with E-state index < -0.39 is 13.9 Å². The van der Waals surface area contributed by atoms with E-state index in [1.807, 2.05) is 45.0 Å². The number of benzene rings is 1. The van der Waals surface area contributed by atoms with Crippen molar-refractivity contribution in [3.8, 4) is 11.1 Å². The Hall–Kier alpha value is -3.31. The third kappa shape index (κ3) is 5.62. The Balaban J connectivity index is 1.18. The van der Waals surface area contributed by atoms with Crippen LogP contribution < -0.4 is 10.6 Å². The largest absolute Gasteiger partial charge is 0.532 e. The molecule has 0 unspecified atom stereocenters. The quantitative estimate of drug-likeness (QED) is 0.183.